The maximum Gasteiger partial charge on any atom is 0.355 e. The highest BCUT2D eigenvalue weighted by Gasteiger charge is 2.48. The average molecular weight is 1720 g/mol. The number of Topliss-reactive ketones (excluding diaryl/α,β-unsaturated/α-hetero) is 1. The number of ketones is 1. The molecule has 0 unspecified atom stereocenters. The zero-order valence-corrected chi connectivity index (χ0v) is 67.9. The van der Waals surface area contributed by atoms with E-state index < -0.39 is 208 Å². The molecular weight excluding hydrogens is 1590 g/mol. The van der Waals surface area contributed by atoms with Crippen LogP contribution < -0.4 is 42.5 Å². The van der Waals surface area contributed by atoms with Crippen molar-refractivity contribution in [1.29, 1.82) is 0 Å². The lowest BCUT2D eigenvalue weighted by molar-refractivity contribution is -0.272. The first-order chi connectivity index (χ1) is 57.1. The number of carbonyl (C=O) groups excluding carboxylic acids is 12. The number of carbonyl (C=O) groups is 12. The summed E-state index contributed by atoms with van der Waals surface area (Å²) < 4.78 is 83.0. The topological polar surface area (TPSA) is 634 Å². The number of aliphatic hydroxyl groups excluding tert-OH is 9. The molecule has 0 aromatic carbocycles. The highest BCUT2D eigenvalue weighted by atomic mass is 16.7. The third-order valence-electron chi connectivity index (χ3n) is 18.4. The molecule has 0 spiro atoms. The summed E-state index contributed by atoms with van der Waals surface area (Å²) in [5.74, 6) is -8.94. The Hall–Kier alpha value is -6.92. The van der Waals surface area contributed by atoms with Gasteiger partial charge in [0.25, 0.3) is 11.8 Å². The lowest BCUT2D eigenvalue weighted by atomic mass is 9.90. The van der Waals surface area contributed by atoms with Gasteiger partial charge in [0.05, 0.1) is 145 Å². The van der Waals surface area contributed by atoms with Gasteiger partial charge in [0.2, 0.25) is 47.3 Å². The fourth-order valence-corrected chi connectivity index (χ4v) is 12.2. The van der Waals surface area contributed by atoms with E-state index in [9.17, 15) is 103 Å². The van der Waals surface area contributed by atoms with Crippen LogP contribution in [0, 0.1) is 5.92 Å². The summed E-state index contributed by atoms with van der Waals surface area (Å²) in [5, 5.41) is 112. The van der Waals surface area contributed by atoms with Gasteiger partial charge in [-0.25, -0.2) is 4.79 Å². The van der Waals surface area contributed by atoms with Crippen LogP contribution in [0.4, 0.5) is 0 Å². The van der Waals surface area contributed by atoms with Crippen LogP contribution in [-0.2, 0) is 133 Å². The third kappa shape index (κ3) is 41.7. The number of imide groups is 1. The largest absolute Gasteiger partial charge is 0.394 e. The molecule has 0 radical (unpaired) electrons. The van der Waals surface area contributed by atoms with Gasteiger partial charge < -0.3 is 164 Å². The molecule has 17 N–H and O–H groups in total. The van der Waals surface area contributed by atoms with Crippen LogP contribution in [-0.4, -0.2) is 404 Å². The summed E-state index contributed by atoms with van der Waals surface area (Å²) in [4.78, 5) is 159. The normalized spacial score (nSPS) is 24.5. The summed E-state index contributed by atoms with van der Waals surface area (Å²) in [5.41, 5.74) is 0. The Bertz CT molecular complexity index is 3000. The summed E-state index contributed by atoms with van der Waals surface area (Å²) in [6.07, 6.45) is -15.5. The number of nitrogens with one attached hydrogen (secondary N) is 8. The van der Waals surface area contributed by atoms with Gasteiger partial charge in [-0.15, -0.1) is 5.06 Å². The molecule has 119 heavy (non-hydrogen) atoms. The molecule has 4 rings (SSSR count). The number of hydrogen-bond acceptors (Lipinski definition) is 37. The Kier molecular flexibility index (Phi) is 53.1. The number of hydroxylamine groups is 2. The van der Waals surface area contributed by atoms with Gasteiger partial charge >= 0.3 is 5.97 Å². The lowest BCUT2D eigenvalue weighted by Crippen LogP contribution is -2.64. The Morgan fingerprint density at radius 3 is 1.05 bits per heavy atom. The predicted molar refractivity (Wildman–Crippen MR) is 402 cm³/mol. The minimum absolute atomic E-state index is 0.00558. The first-order valence-corrected chi connectivity index (χ1v) is 39.8. The lowest BCUT2D eigenvalue weighted by Gasteiger charge is -2.42. The zero-order valence-electron chi connectivity index (χ0n) is 67.9. The van der Waals surface area contributed by atoms with Gasteiger partial charge in [-0.05, 0) is 51.4 Å². The molecule has 4 saturated heterocycles. The van der Waals surface area contributed by atoms with Gasteiger partial charge in [-0.2, -0.15) is 0 Å². The van der Waals surface area contributed by atoms with Crippen molar-refractivity contribution in [3.05, 3.63) is 0 Å². The fraction of sp³-hybridized carbons (Fsp3) is 0.836. The van der Waals surface area contributed by atoms with Crippen molar-refractivity contribution in [2.45, 2.75) is 209 Å². The molecule has 684 valence electrons. The number of hydrogen-bond donors (Lipinski definition) is 17. The third-order valence-corrected chi connectivity index (χ3v) is 18.4. The number of rotatable bonds is 65. The monoisotopic (exact) mass is 1720 g/mol. The quantitative estimate of drug-likeness (QED) is 0.0199. The molecule has 4 aliphatic rings. The minimum Gasteiger partial charge on any atom is -0.394 e. The maximum atomic E-state index is 14.6. The second-order valence-electron chi connectivity index (χ2n) is 28.0. The highest BCUT2D eigenvalue weighted by molar-refractivity contribution is 6.02. The zero-order chi connectivity index (χ0) is 87.4. The molecule has 0 saturated carbocycles. The summed E-state index contributed by atoms with van der Waals surface area (Å²) in [7, 11) is 0. The molecule has 0 aromatic rings. The Morgan fingerprint density at radius 1 is 0.387 bits per heavy atom. The van der Waals surface area contributed by atoms with Crippen molar-refractivity contribution in [2.75, 3.05) is 178 Å². The van der Waals surface area contributed by atoms with E-state index in [-0.39, 0.29) is 222 Å². The number of aliphatic hydroxyl groups is 9. The fourth-order valence-electron chi connectivity index (χ4n) is 12.2. The van der Waals surface area contributed by atoms with E-state index in [1.807, 2.05) is 0 Å². The van der Waals surface area contributed by atoms with E-state index in [0.717, 1.165) is 0 Å². The highest BCUT2D eigenvalue weighted by Crippen LogP contribution is 2.26. The van der Waals surface area contributed by atoms with Crippen LogP contribution in [0.15, 0.2) is 0 Å². The molecule has 4 aliphatic heterocycles. The van der Waals surface area contributed by atoms with E-state index in [0.29, 0.717) is 11.5 Å². The van der Waals surface area contributed by atoms with E-state index in [2.05, 4.69) is 42.5 Å². The van der Waals surface area contributed by atoms with Crippen molar-refractivity contribution < 1.29 is 179 Å². The maximum absolute atomic E-state index is 14.6. The molecule has 46 heteroatoms. The summed E-state index contributed by atoms with van der Waals surface area (Å²) in [6, 6.07) is -6.10. The first kappa shape index (κ1) is 104. The van der Waals surface area contributed by atoms with E-state index in [1.165, 1.54) is 27.7 Å². The molecule has 4 heterocycles. The Labute approximate surface area is 688 Å². The van der Waals surface area contributed by atoms with Crippen LogP contribution in [0.25, 0.3) is 0 Å². The van der Waals surface area contributed by atoms with Gasteiger partial charge in [-0.3, -0.25) is 52.7 Å². The average Bonchev–Trinajstić information content (AvgIpc) is 1.54. The van der Waals surface area contributed by atoms with Crippen LogP contribution in [0.1, 0.15) is 105 Å². The van der Waals surface area contributed by atoms with E-state index >= 15 is 0 Å². The molecule has 0 bridgehead atoms. The number of nitrogens with zero attached hydrogens (tertiary/aromatic N) is 1. The molecule has 46 nitrogen and oxygen atoms in total. The molecule has 18 atom stereocenters. The van der Waals surface area contributed by atoms with Crippen LogP contribution in [0.2, 0.25) is 0 Å². The second-order valence-corrected chi connectivity index (χ2v) is 28.0. The van der Waals surface area contributed by atoms with Gasteiger partial charge in [0.1, 0.15) is 98.9 Å². The van der Waals surface area contributed by atoms with Crippen LogP contribution in [0.3, 0.4) is 0 Å². The van der Waals surface area contributed by atoms with Gasteiger partial charge in [0, 0.05) is 72.5 Å². The SMILES string of the molecule is CC(=O)NCCCC[C@H](NC(=O)[C@H](CCCCNC(=O)COCCOCCOCCO[C@@H]1O[C@H](CO)[C@H](O)[C@H](O)[C@H]1NC(C)=O)CC(=O)[C@H](CCCCNC(=O)COCCOCCOCCO[C@@H]1O[C@H](CO)[C@H](O)[C@H](O)[C@H]1NC(C)=O)NC(=O)COCCOCCOCCO[C@@H]1O[C@H](CO)[C@H](O)[C@H](O)[C@H]1NC(C)=O)C(=O)ON1C(=O)CCC1=O. The van der Waals surface area contributed by atoms with Crippen LogP contribution in [0.5, 0.6) is 0 Å². The summed E-state index contributed by atoms with van der Waals surface area (Å²) in [6.45, 7) is 2.93. The molecule has 0 aromatic heterocycles. The molecular formula is C73H125N9O37. The standard InChI is InChI=1S/C73H125N9O37/c1-44(86)74-16-9-7-13-50(70(103)119-82-58(94)14-15-59(82)95)81-69(102)48(11-5-8-17-75-55(91)41-110-28-25-104-19-22-107-31-34-113-71-60(77-45(2)87)66(99)63(96)52(38-83)116-71)37-51(90)49(80-57(93)43-112-30-27-106-21-24-109-33-36-115-73-62(79-47(4)89)68(101)65(98)54(40-85)118-73)12-6-10-18-76-56(92)42-111-29-26-105-20-23-108-32-35-114-72-61(78-46(3)88)67(100)64(97)53(39-84)117-72/h48-50,52-54,60-68,71-73,83-85,96-101H,5-43H2,1-4H3,(H,74,86)(H,75,91)(H,76,92)(H,77,87)(H,78,88)(H,79,89)(H,80,93)(H,81,102)/t48-,49+,50+,52-,53-,54-,60-,61-,62-,63+,64+,65+,66-,67-,68-,71-,72-,73-/m1/s1. The van der Waals surface area contributed by atoms with Gasteiger partial charge in [-0.1, -0.05) is 6.42 Å². The Morgan fingerprint density at radius 2 is 0.706 bits per heavy atom. The first-order valence-electron chi connectivity index (χ1n) is 39.8. The van der Waals surface area contributed by atoms with Crippen LogP contribution >= 0.6 is 0 Å². The number of ether oxygens (including phenoxy) is 15. The molecule has 0 aliphatic carbocycles. The Balaban J connectivity index is 1.32. The molecule has 10 amide bonds. The van der Waals surface area contributed by atoms with Crippen molar-refractivity contribution in [1.82, 2.24) is 47.6 Å². The van der Waals surface area contributed by atoms with Crippen molar-refractivity contribution in [3.8, 4) is 0 Å². The molecule has 4 fully saturated rings. The van der Waals surface area contributed by atoms with E-state index in [1.54, 1.807) is 0 Å². The van der Waals surface area contributed by atoms with Crippen molar-refractivity contribution in [3.63, 3.8) is 0 Å². The predicted octanol–water partition coefficient (Wildman–Crippen LogP) is -8.95. The van der Waals surface area contributed by atoms with Crippen molar-refractivity contribution in [2.24, 2.45) is 5.92 Å². The second kappa shape index (κ2) is 60.6. The smallest absolute Gasteiger partial charge is 0.355 e. The van der Waals surface area contributed by atoms with Crippen molar-refractivity contribution >= 4 is 70.8 Å². The number of amides is 10. The number of unbranched alkanes of at least 4 members (excludes halogenated alkanes) is 3. The minimum atomic E-state index is -1.50. The van der Waals surface area contributed by atoms with E-state index in [4.69, 9.17) is 75.9 Å². The van der Waals surface area contributed by atoms with Gasteiger partial charge in [0.15, 0.2) is 24.7 Å². The summed E-state index contributed by atoms with van der Waals surface area (Å²) >= 11 is 0.